The fourth-order valence-electron chi connectivity index (χ4n) is 4.35. The Hall–Kier alpha value is -2.93. The zero-order valence-electron chi connectivity index (χ0n) is 16.6. The smallest absolute Gasteiger partial charge is 0.151 e. The molecule has 2 aromatic heterocycles. The Morgan fingerprint density at radius 1 is 1.07 bits per heavy atom. The highest BCUT2D eigenvalue weighted by molar-refractivity contribution is 5.73. The normalized spacial score (nSPS) is 19.7. The summed E-state index contributed by atoms with van der Waals surface area (Å²) < 4.78 is 0. The van der Waals surface area contributed by atoms with Crippen LogP contribution in [0.15, 0.2) is 42.7 Å². The number of phenols is 1. The number of benzene rings is 1. The summed E-state index contributed by atoms with van der Waals surface area (Å²) in [7, 11) is 2.27. The number of aromatic hydroxyl groups is 1. The van der Waals surface area contributed by atoms with E-state index in [4.69, 9.17) is 0 Å². The molecule has 2 N–H and O–H groups in total. The van der Waals surface area contributed by atoms with Crippen LogP contribution in [0.3, 0.4) is 0 Å². The van der Waals surface area contributed by atoms with Gasteiger partial charge in [0.1, 0.15) is 5.75 Å². The van der Waals surface area contributed by atoms with Crippen LogP contribution in [0, 0.1) is 0 Å². The Morgan fingerprint density at radius 2 is 1.97 bits per heavy atom. The second-order valence-electron chi connectivity index (χ2n) is 8.13. The van der Waals surface area contributed by atoms with Crippen LogP contribution >= 0.6 is 0 Å². The number of H-pyrrole nitrogens is 1. The van der Waals surface area contributed by atoms with E-state index in [0.29, 0.717) is 17.3 Å². The van der Waals surface area contributed by atoms with Gasteiger partial charge in [-0.05, 0) is 56.1 Å². The van der Waals surface area contributed by atoms with Crippen molar-refractivity contribution in [3.63, 3.8) is 0 Å². The van der Waals surface area contributed by atoms with Crippen molar-refractivity contribution < 1.29 is 5.11 Å². The number of rotatable bonds is 5. The van der Waals surface area contributed by atoms with Gasteiger partial charge in [0, 0.05) is 42.5 Å². The molecule has 2 aliphatic rings. The third-order valence-electron chi connectivity index (χ3n) is 6.47. The largest absolute Gasteiger partial charge is 0.507 e. The van der Waals surface area contributed by atoms with Gasteiger partial charge in [-0.1, -0.05) is 12.5 Å². The van der Waals surface area contributed by atoms with Gasteiger partial charge in [0.05, 0.1) is 11.9 Å². The summed E-state index contributed by atoms with van der Waals surface area (Å²) in [6.45, 7) is 2.02. The minimum absolute atomic E-state index is 0.189. The van der Waals surface area contributed by atoms with Crippen molar-refractivity contribution in [3.8, 4) is 28.1 Å². The Morgan fingerprint density at radius 3 is 2.62 bits per heavy atom. The van der Waals surface area contributed by atoms with E-state index >= 15 is 0 Å². The Balaban J connectivity index is 1.29. The Kier molecular flexibility index (Phi) is 4.67. The van der Waals surface area contributed by atoms with Crippen molar-refractivity contribution in [2.24, 2.45) is 0 Å². The number of hydrogen-bond donors (Lipinski definition) is 2. The number of nitrogens with zero attached hydrogens (tertiary/aromatic N) is 5. The Labute approximate surface area is 170 Å². The van der Waals surface area contributed by atoms with Crippen molar-refractivity contribution in [3.05, 3.63) is 42.7 Å². The molecule has 7 heteroatoms. The van der Waals surface area contributed by atoms with E-state index in [1.165, 1.54) is 25.7 Å². The highest BCUT2D eigenvalue weighted by Gasteiger charge is 2.32. The van der Waals surface area contributed by atoms with E-state index < -0.39 is 0 Å². The molecule has 1 aliphatic carbocycles. The van der Waals surface area contributed by atoms with E-state index in [2.05, 4.69) is 37.2 Å². The second-order valence-corrected chi connectivity index (χ2v) is 8.13. The maximum atomic E-state index is 10.5. The molecule has 5 rings (SSSR count). The van der Waals surface area contributed by atoms with Gasteiger partial charge in [-0.3, -0.25) is 10.00 Å². The zero-order valence-corrected chi connectivity index (χ0v) is 16.6. The maximum absolute atomic E-state index is 10.5. The minimum atomic E-state index is 0.189. The topological polar surface area (TPSA) is 81.2 Å². The van der Waals surface area contributed by atoms with Crippen LogP contribution in [0.5, 0.6) is 5.75 Å². The van der Waals surface area contributed by atoms with Gasteiger partial charge in [-0.25, -0.2) is 0 Å². The van der Waals surface area contributed by atoms with Gasteiger partial charge in [0.2, 0.25) is 0 Å². The first kappa shape index (κ1) is 18.1. The molecule has 0 bridgehead atoms. The molecule has 1 saturated heterocycles. The fraction of sp³-hybridized carbons (Fsp3) is 0.409. The molecule has 0 radical (unpaired) electrons. The number of aromatic amines is 1. The lowest BCUT2D eigenvalue weighted by Crippen LogP contribution is -2.45. The van der Waals surface area contributed by atoms with Crippen LogP contribution in [0.4, 0.5) is 5.82 Å². The lowest BCUT2D eigenvalue weighted by atomic mass is 9.91. The van der Waals surface area contributed by atoms with E-state index in [1.807, 2.05) is 24.3 Å². The highest BCUT2D eigenvalue weighted by atomic mass is 16.3. The Bertz CT molecular complexity index is 967. The van der Waals surface area contributed by atoms with E-state index in [-0.39, 0.29) is 5.75 Å². The summed E-state index contributed by atoms with van der Waals surface area (Å²) in [6, 6.07) is 10.9. The molecule has 0 unspecified atom stereocenters. The summed E-state index contributed by atoms with van der Waals surface area (Å²) in [6.07, 6.45) is 8.75. The standard InChI is InChI=1S/C22H26N6O/c1-27(17-3-2-4-17)18-9-10-28(14-18)22-8-7-20(25-26-22)19-6-5-15(11-21(19)29)16-12-23-24-13-16/h5-8,11-13,17-18,29H,2-4,9-10,14H2,1H3,(H,23,24)/t18-/m1/s1. The van der Waals surface area contributed by atoms with Gasteiger partial charge in [-0.15, -0.1) is 10.2 Å². The molecular weight excluding hydrogens is 364 g/mol. The molecule has 3 aromatic rings. The van der Waals surface area contributed by atoms with Crippen molar-refractivity contribution in [2.45, 2.75) is 37.8 Å². The third kappa shape index (κ3) is 3.46. The predicted octanol–water partition coefficient (Wildman–Crippen LogP) is 3.30. The average Bonchev–Trinajstić information content (AvgIpc) is 3.39. The maximum Gasteiger partial charge on any atom is 0.151 e. The summed E-state index contributed by atoms with van der Waals surface area (Å²) in [5, 5.41) is 26.1. The summed E-state index contributed by atoms with van der Waals surface area (Å²) in [5.74, 6) is 1.10. The molecule has 150 valence electrons. The molecule has 1 aliphatic heterocycles. The minimum Gasteiger partial charge on any atom is -0.507 e. The van der Waals surface area contributed by atoms with Gasteiger partial charge in [0.15, 0.2) is 5.82 Å². The summed E-state index contributed by atoms with van der Waals surface area (Å²) in [5.41, 5.74) is 3.19. The first-order valence-electron chi connectivity index (χ1n) is 10.3. The number of likely N-dealkylation sites (N-methyl/N-ethyl adjacent to an activating group) is 1. The molecule has 3 heterocycles. The van der Waals surface area contributed by atoms with Gasteiger partial charge in [-0.2, -0.15) is 5.10 Å². The lowest BCUT2D eigenvalue weighted by Gasteiger charge is -2.38. The van der Waals surface area contributed by atoms with Crippen molar-refractivity contribution in [1.82, 2.24) is 25.3 Å². The lowest BCUT2D eigenvalue weighted by molar-refractivity contribution is 0.119. The summed E-state index contributed by atoms with van der Waals surface area (Å²) in [4.78, 5) is 4.88. The predicted molar refractivity (Wildman–Crippen MR) is 113 cm³/mol. The molecule has 29 heavy (non-hydrogen) atoms. The van der Waals surface area contributed by atoms with Crippen LogP contribution in [-0.4, -0.2) is 62.6 Å². The highest BCUT2D eigenvalue weighted by Crippen LogP contribution is 2.33. The summed E-state index contributed by atoms with van der Waals surface area (Å²) >= 11 is 0. The van der Waals surface area contributed by atoms with Crippen molar-refractivity contribution in [2.75, 3.05) is 25.0 Å². The van der Waals surface area contributed by atoms with Gasteiger partial charge >= 0.3 is 0 Å². The first-order valence-corrected chi connectivity index (χ1v) is 10.3. The molecule has 2 fully saturated rings. The number of aromatic nitrogens is 4. The molecule has 0 amide bonds. The van der Waals surface area contributed by atoms with Gasteiger partial charge in [0.25, 0.3) is 0 Å². The quantitative estimate of drug-likeness (QED) is 0.696. The average molecular weight is 390 g/mol. The molecule has 1 atom stereocenters. The van der Waals surface area contributed by atoms with Crippen LogP contribution in [0.1, 0.15) is 25.7 Å². The first-order chi connectivity index (χ1) is 14.2. The van der Waals surface area contributed by atoms with E-state index in [9.17, 15) is 5.11 Å². The molecule has 1 aromatic carbocycles. The SMILES string of the molecule is CN(C1CCC1)[C@@H]1CCN(c2ccc(-c3ccc(-c4cn[nH]c4)cc3O)nn2)C1. The zero-order chi connectivity index (χ0) is 19.8. The fourth-order valence-corrected chi connectivity index (χ4v) is 4.35. The number of anilines is 1. The van der Waals surface area contributed by atoms with Crippen molar-refractivity contribution in [1.29, 1.82) is 0 Å². The van der Waals surface area contributed by atoms with Crippen LogP contribution in [-0.2, 0) is 0 Å². The van der Waals surface area contributed by atoms with Crippen molar-refractivity contribution >= 4 is 5.82 Å². The number of nitrogens with one attached hydrogen (secondary N) is 1. The van der Waals surface area contributed by atoms with Crippen LogP contribution in [0.25, 0.3) is 22.4 Å². The number of phenolic OH excluding ortho intramolecular Hbond substituents is 1. The molecule has 1 saturated carbocycles. The second kappa shape index (κ2) is 7.48. The van der Waals surface area contributed by atoms with Crippen LogP contribution < -0.4 is 4.90 Å². The molecular formula is C22H26N6O. The van der Waals surface area contributed by atoms with E-state index in [1.54, 1.807) is 18.5 Å². The molecule has 0 spiro atoms. The monoisotopic (exact) mass is 390 g/mol. The number of hydrogen-bond acceptors (Lipinski definition) is 6. The van der Waals surface area contributed by atoms with Gasteiger partial charge < -0.3 is 10.0 Å². The van der Waals surface area contributed by atoms with E-state index in [0.717, 1.165) is 36.1 Å². The molecule has 7 nitrogen and oxygen atoms in total. The van der Waals surface area contributed by atoms with Crippen LogP contribution in [0.2, 0.25) is 0 Å². The third-order valence-corrected chi connectivity index (χ3v) is 6.47.